The number of esters is 1. The molecule has 5 heteroatoms. The number of nitrogens with one attached hydrogen (secondary N) is 1. The quantitative estimate of drug-likeness (QED) is 0.682. The van der Waals surface area contributed by atoms with E-state index < -0.39 is 5.97 Å². The summed E-state index contributed by atoms with van der Waals surface area (Å²) in [6.45, 7) is 0. The van der Waals surface area contributed by atoms with Gasteiger partial charge in [0.25, 0.3) is 0 Å². The van der Waals surface area contributed by atoms with Crippen molar-refractivity contribution in [1.29, 1.82) is 0 Å². The molecule has 1 aromatic heterocycles. The van der Waals surface area contributed by atoms with E-state index >= 15 is 0 Å². The molecule has 0 aliphatic carbocycles. The van der Waals surface area contributed by atoms with Crippen LogP contribution in [0.4, 0.5) is 5.69 Å². The van der Waals surface area contributed by atoms with Crippen molar-refractivity contribution in [2.45, 2.75) is 0 Å². The fraction of sp³-hybridized carbons (Fsp3) is 0.133. The number of hydrogen-bond donors (Lipinski definition) is 1. The summed E-state index contributed by atoms with van der Waals surface area (Å²) in [6.07, 6.45) is 6.24. The van der Waals surface area contributed by atoms with Crippen LogP contribution >= 0.6 is 0 Å². The Kier molecular flexibility index (Phi) is 4.44. The molecule has 1 aromatic carbocycles. The van der Waals surface area contributed by atoms with E-state index in [0.717, 1.165) is 16.8 Å². The second-order valence-corrected chi connectivity index (χ2v) is 4.02. The number of nitrogens with zero attached hydrogens (tertiary/aromatic N) is 2. The third-order valence-electron chi connectivity index (χ3n) is 2.73. The number of anilines is 1. The Labute approximate surface area is 117 Å². The average Bonchev–Trinajstić information content (AvgIpc) is 2.53. The van der Waals surface area contributed by atoms with Crippen LogP contribution in [0.2, 0.25) is 0 Å². The van der Waals surface area contributed by atoms with Crippen molar-refractivity contribution in [2.75, 3.05) is 19.5 Å². The maximum absolute atomic E-state index is 11.0. The smallest absolute Gasteiger partial charge is 0.330 e. The molecule has 20 heavy (non-hydrogen) atoms. The largest absolute Gasteiger partial charge is 0.466 e. The first-order chi connectivity index (χ1) is 9.72. The maximum atomic E-state index is 11.0. The number of carbonyl (C=O) groups is 1. The van der Waals surface area contributed by atoms with Crippen LogP contribution in [0.3, 0.4) is 0 Å². The Bertz CT molecular complexity index is 621. The molecule has 0 radical (unpaired) electrons. The maximum Gasteiger partial charge on any atom is 0.330 e. The third-order valence-corrected chi connectivity index (χ3v) is 2.73. The van der Waals surface area contributed by atoms with Crippen LogP contribution in [0.5, 0.6) is 0 Å². The first kappa shape index (κ1) is 13.7. The average molecular weight is 269 g/mol. The molecule has 0 amide bonds. The predicted molar refractivity (Wildman–Crippen MR) is 78.1 cm³/mol. The summed E-state index contributed by atoms with van der Waals surface area (Å²) in [5.74, 6) is 0.0309. The molecule has 0 spiro atoms. The van der Waals surface area contributed by atoms with Crippen molar-refractivity contribution in [3.8, 4) is 11.1 Å². The van der Waals surface area contributed by atoms with Gasteiger partial charge in [0.1, 0.15) is 0 Å². The van der Waals surface area contributed by atoms with Gasteiger partial charge in [-0.05, 0) is 23.8 Å². The lowest BCUT2D eigenvalue weighted by atomic mass is 10.1. The Hall–Kier alpha value is -2.69. The molecule has 102 valence electrons. The lowest BCUT2D eigenvalue weighted by Gasteiger charge is -2.04. The van der Waals surface area contributed by atoms with Gasteiger partial charge in [0, 0.05) is 36.8 Å². The molecule has 2 aromatic rings. The van der Waals surface area contributed by atoms with Crippen LogP contribution in [0.1, 0.15) is 5.82 Å². The first-order valence-electron chi connectivity index (χ1n) is 6.09. The van der Waals surface area contributed by atoms with Crippen LogP contribution < -0.4 is 5.32 Å². The van der Waals surface area contributed by atoms with E-state index in [1.807, 2.05) is 31.3 Å². The highest BCUT2D eigenvalue weighted by Crippen LogP contribution is 2.21. The molecule has 0 aliphatic rings. The zero-order valence-electron chi connectivity index (χ0n) is 11.3. The molecular formula is C15H15N3O2. The van der Waals surface area contributed by atoms with Gasteiger partial charge in [-0.2, -0.15) is 0 Å². The summed E-state index contributed by atoms with van der Waals surface area (Å²) in [7, 11) is 3.20. The standard InChI is InChI=1S/C15H15N3O2/c1-16-13-5-3-4-11(8-13)12-9-17-14(18-10-12)6-7-15(19)20-2/h3-10,16H,1-2H3. The molecule has 0 saturated carbocycles. The number of benzene rings is 1. The fourth-order valence-electron chi connectivity index (χ4n) is 1.64. The topological polar surface area (TPSA) is 64.1 Å². The second-order valence-electron chi connectivity index (χ2n) is 4.02. The number of aromatic nitrogens is 2. The minimum Gasteiger partial charge on any atom is -0.466 e. The van der Waals surface area contributed by atoms with Gasteiger partial charge in [-0.15, -0.1) is 0 Å². The minimum absolute atomic E-state index is 0.431. The Morgan fingerprint density at radius 3 is 2.65 bits per heavy atom. The molecule has 1 N–H and O–H groups in total. The van der Waals surface area contributed by atoms with Gasteiger partial charge < -0.3 is 10.1 Å². The molecule has 0 bridgehead atoms. The van der Waals surface area contributed by atoms with E-state index in [9.17, 15) is 4.79 Å². The number of rotatable bonds is 4. The van der Waals surface area contributed by atoms with Crippen LogP contribution in [-0.4, -0.2) is 30.1 Å². The lowest BCUT2D eigenvalue weighted by Crippen LogP contribution is -1.95. The van der Waals surface area contributed by atoms with Crippen molar-refractivity contribution in [1.82, 2.24) is 9.97 Å². The summed E-state index contributed by atoms with van der Waals surface area (Å²) in [4.78, 5) is 19.4. The first-order valence-corrected chi connectivity index (χ1v) is 6.09. The van der Waals surface area contributed by atoms with Gasteiger partial charge in [0.15, 0.2) is 5.82 Å². The molecule has 0 aliphatic heterocycles. The Balaban J connectivity index is 2.19. The highest BCUT2D eigenvalue weighted by atomic mass is 16.5. The minimum atomic E-state index is -0.431. The molecule has 2 rings (SSSR count). The second kappa shape index (κ2) is 6.47. The van der Waals surface area contributed by atoms with Gasteiger partial charge in [-0.3, -0.25) is 0 Å². The zero-order chi connectivity index (χ0) is 14.4. The molecular weight excluding hydrogens is 254 g/mol. The van der Waals surface area contributed by atoms with Gasteiger partial charge in [-0.25, -0.2) is 14.8 Å². The summed E-state index contributed by atoms with van der Waals surface area (Å²) in [5.41, 5.74) is 2.97. The third kappa shape index (κ3) is 3.41. The van der Waals surface area contributed by atoms with Crippen molar-refractivity contribution in [2.24, 2.45) is 0 Å². The van der Waals surface area contributed by atoms with Gasteiger partial charge in [-0.1, -0.05) is 12.1 Å². The number of hydrogen-bond acceptors (Lipinski definition) is 5. The van der Waals surface area contributed by atoms with E-state index in [1.165, 1.54) is 19.3 Å². The summed E-state index contributed by atoms with van der Waals surface area (Å²) >= 11 is 0. The Morgan fingerprint density at radius 1 is 1.25 bits per heavy atom. The number of ether oxygens (including phenoxy) is 1. The van der Waals surface area contributed by atoms with Gasteiger partial charge in [0.2, 0.25) is 0 Å². The molecule has 5 nitrogen and oxygen atoms in total. The fourth-order valence-corrected chi connectivity index (χ4v) is 1.64. The number of methoxy groups -OCH3 is 1. The molecule has 0 atom stereocenters. The number of carbonyl (C=O) groups excluding carboxylic acids is 1. The SMILES string of the molecule is CNc1cccc(-c2cnc(C=CC(=O)OC)nc2)c1. The van der Waals surface area contributed by atoms with E-state index in [1.54, 1.807) is 12.4 Å². The highest BCUT2D eigenvalue weighted by Gasteiger charge is 2.00. The van der Waals surface area contributed by atoms with Crippen molar-refractivity contribution >= 4 is 17.7 Å². The molecule has 1 heterocycles. The van der Waals surface area contributed by atoms with Crippen molar-refractivity contribution in [3.63, 3.8) is 0 Å². The van der Waals surface area contributed by atoms with Crippen molar-refractivity contribution < 1.29 is 9.53 Å². The molecule has 0 saturated heterocycles. The summed E-state index contributed by atoms with van der Waals surface area (Å²) < 4.78 is 4.50. The van der Waals surface area contributed by atoms with Crippen LogP contribution in [0.15, 0.2) is 42.7 Å². The van der Waals surface area contributed by atoms with E-state index in [-0.39, 0.29) is 0 Å². The van der Waals surface area contributed by atoms with Crippen LogP contribution in [-0.2, 0) is 9.53 Å². The monoisotopic (exact) mass is 269 g/mol. The molecule has 0 fully saturated rings. The van der Waals surface area contributed by atoms with E-state index in [4.69, 9.17) is 0 Å². The Morgan fingerprint density at radius 2 is 2.00 bits per heavy atom. The van der Waals surface area contributed by atoms with E-state index in [0.29, 0.717) is 5.82 Å². The summed E-state index contributed by atoms with van der Waals surface area (Å²) in [6, 6.07) is 7.95. The van der Waals surface area contributed by atoms with Crippen molar-refractivity contribution in [3.05, 3.63) is 48.6 Å². The highest BCUT2D eigenvalue weighted by molar-refractivity contribution is 5.86. The summed E-state index contributed by atoms with van der Waals surface area (Å²) in [5, 5.41) is 3.08. The predicted octanol–water partition coefficient (Wildman–Crippen LogP) is 2.37. The van der Waals surface area contributed by atoms with Gasteiger partial charge >= 0.3 is 5.97 Å². The van der Waals surface area contributed by atoms with Gasteiger partial charge in [0.05, 0.1) is 7.11 Å². The zero-order valence-corrected chi connectivity index (χ0v) is 11.3. The molecule has 0 unspecified atom stereocenters. The van der Waals surface area contributed by atoms with Crippen LogP contribution in [0, 0.1) is 0 Å². The van der Waals surface area contributed by atoms with Crippen LogP contribution in [0.25, 0.3) is 17.2 Å². The van der Waals surface area contributed by atoms with E-state index in [2.05, 4.69) is 20.0 Å². The normalized spacial score (nSPS) is 10.5. The lowest BCUT2D eigenvalue weighted by molar-refractivity contribution is -0.134.